The molecular weight excluding hydrogens is 364 g/mol. The van der Waals surface area contributed by atoms with E-state index < -0.39 is 5.41 Å². The Morgan fingerprint density at radius 2 is 1.93 bits per heavy atom. The second kappa shape index (κ2) is 7.39. The van der Waals surface area contributed by atoms with E-state index in [1.54, 1.807) is 18.6 Å². The number of carbonyl (C=O) groups excluding carboxylic acids is 1. The number of H-pyrrole nitrogens is 1. The van der Waals surface area contributed by atoms with Crippen LogP contribution in [0, 0.1) is 0 Å². The Morgan fingerprint density at radius 1 is 1.10 bits per heavy atom. The highest BCUT2D eigenvalue weighted by atomic mass is 16.2. The zero-order valence-electron chi connectivity index (χ0n) is 16.3. The molecule has 29 heavy (non-hydrogen) atoms. The van der Waals surface area contributed by atoms with Gasteiger partial charge in [-0.15, -0.1) is 0 Å². The third-order valence-electron chi connectivity index (χ3n) is 6.32. The van der Waals surface area contributed by atoms with Crippen LogP contribution in [-0.4, -0.2) is 42.5 Å². The molecule has 1 unspecified atom stereocenters. The second-order valence-corrected chi connectivity index (χ2v) is 7.95. The lowest BCUT2D eigenvalue weighted by Gasteiger charge is -2.35. The molecule has 1 aliphatic heterocycles. The Bertz CT molecular complexity index is 981. The lowest BCUT2D eigenvalue weighted by molar-refractivity contribution is -0.138. The average Bonchev–Trinajstić information content (AvgIpc) is 3.55. The molecule has 3 heterocycles. The van der Waals surface area contributed by atoms with Crippen LogP contribution < -0.4 is 0 Å². The van der Waals surface area contributed by atoms with Gasteiger partial charge in [-0.2, -0.15) is 5.10 Å². The maximum Gasteiger partial charge on any atom is 0.233 e. The topological polar surface area (TPSA) is 87.7 Å². The van der Waals surface area contributed by atoms with Gasteiger partial charge in [-0.1, -0.05) is 43.2 Å². The molecule has 1 aliphatic carbocycles. The van der Waals surface area contributed by atoms with Gasteiger partial charge in [-0.3, -0.25) is 14.9 Å². The standard InChI is InChI=1S/C22H24N6O/c29-21(22(10-4-5-11-22)16-7-2-1-3-8-16)28-14-6-9-18(28)20-25-19(26-27-20)17-15-23-12-13-24-17/h1-3,7-8,12-13,15,18H,4-6,9-11,14H2,(H,25,26,27). The number of nitrogens with one attached hydrogen (secondary N) is 1. The molecule has 1 saturated heterocycles. The number of aromatic amines is 1. The number of likely N-dealkylation sites (tertiary alicyclic amines) is 1. The normalized spacial score (nSPS) is 20.8. The minimum absolute atomic E-state index is 0.0680. The van der Waals surface area contributed by atoms with Gasteiger partial charge >= 0.3 is 0 Å². The van der Waals surface area contributed by atoms with Crippen molar-refractivity contribution in [3.63, 3.8) is 0 Å². The van der Waals surface area contributed by atoms with Crippen LogP contribution in [0.4, 0.5) is 0 Å². The number of aromatic nitrogens is 5. The largest absolute Gasteiger partial charge is 0.332 e. The smallest absolute Gasteiger partial charge is 0.233 e. The molecule has 1 N–H and O–H groups in total. The van der Waals surface area contributed by atoms with Crippen LogP contribution in [0.15, 0.2) is 48.9 Å². The second-order valence-electron chi connectivity index (χ2n) is 7.95. The monoisotopic (exact) mass is 388 g/mol. The van der Waals surface area contributed by atoms with Gasteiger partial charge in [0.15, 0.2) is 0 Å². The summed E-state index contributed by atoms with van der Waals surface area (Å²) < 4.78 is 0. The summed E-state index contributed by atoms with van der Waals surface area (Å²) in [5, 5.41) is 7.37. The SMILES string of the molecule is O=C(N1CCCC1c1nc(-c2cnccn2)n[nH]1)C1(c2ccccc2)CCCC1. The van der Waals surface area contributed by atoms with Gasteiger partial charge in [0.1, 0.15) is 11.5 Å². The lowest BCUT2D eigenvalue weighted by atomic mass is 9.77. The maximum absolute atomic E-state index is 13.9. The molecule has 1 amide bonds. The summed E-state index contributed by atoms with van der Waals surface area (Å²) in [6.45, 7) is 0.763. The number of rotatable bonds is 4. The van der Waals surface area contributed by atoms with Gasteiger partial charge in [0.25, 0.3) is 0 Å². The summed E-state index contributed by atoms with van der Waals surface area (Å²) in [6, 6.07) is 10.2. The fourth-order valence-corrected chi connectivity index (χ4v) is 4.88. The minimum Gasteiger partial charge on any atom is -0.332 e. The van der Waals surface area contributed by atoms with Crippen molar-refractivity contribution < 1.29 is 4.79 Å². The predicted molar refractivity (Wildman–Crippen MR) is 108 cm³/mol. The molecule has 3 aromatic rings. The molecule has 2 aliphatic rings. The van der Waals surface area contributed by atoms with Crippen molar-refractivity contribution in [1.82, 2.24) is 30.0 Å². The van der Waals surface area contributed by atoms with Gasteiger partial charge in [-0.25, -0.2) is 9.97 Å². The van der Waals surface area contributed by atoms with Crippen molar-refractivity contribution in [3.8, 4) is 11.5 Å². The van der Waals surface area contributed by atoms with Gasteiger partial charge in [-0.05, 0) is 31.2 Å². The van der Waals surface area contributed by atoms with Crippen LogP contribution >= 0.6 is 0 Å². The Labute approximate surface area is 169 Å². The summed E-state index contributed by atoms with van der Waals surface area (Å²) in [5.74, 6) is 1.49. The molecule has 7 nitrogen and oxygen atoms in total. The highest BCUT2D eigenvalue weighted by Crippen LogP contribution is 2.45. The first-order valence-electron chi connectivity index (χ1n) is 10.3. The van der Waals surface area contributed by atoms with E-state index in [2.05, 4.69) is 37.3 Å². The van der Waals surface area contributed by atoms with E-state index in [1.807, 2.05) is 23.1 Å². The van der Waals surface area contributed by atoms with Crippen molar-refractivity contribution in [2.75, 3.05) is 6.54 Å². The Morgan fingerprint density at radius 3 is 2.69 bits per heavy atom. The van der Waals surface area contributed by atoms with E-state index in [9.17, 15) is 4.79 Å². The van der Waals surface area contributed by atoms with Crippen molar-refractivity contribution in [2.45, 2.75) is 50.0 Å². The maximum atomic E-state index is 13.9. The fraction of sp³-hybridized carbons (Fsp3) is 0.409. The Hall–Kier alpha value is -3.09. The minimum atomic E-state index is -0.405. The number of benzene rings is 1. The molecule has 2 aromatic heterocycles. The first kappa shape index (κ1) is 18.0. The lowest BCUT2D eigenvalue weighted by Crippen LogP contribution is -2.45. The number of nitrogens with zero attached hydrogens (tertiary/aromatic N) is 5. The Kier molecular flexibility index (Phi) is 4.58. The number of hydrogen-bond donors (Lipinski definition) is 1. The van der Waals surface area contributed by atoms with E-state index in [-0.39, 0.29) is 11.9 Å². The van der Waals surface area contributed by atoms with E-state index >= 15 is 0 Å². The molecule has 0 radical (unpaired) electrons. The molecule has 5 rings (SSSR count). The molecule has 1 aromatic carbocycles. The quantitative estimate of drug-likeness (QED) is 0.740. The number of amides is 1. The summed E-state index contributed by atoms with van der Waals surface area (Å²) in [5.41, 5.74) is 1.37. The molecule has 0 spiro atoms. The predicted octanol–water partition coefficient (Wildman–Crippen LogP) is 3.44. The molecule has 7 heteroatoms. The zero-order chi connectivity index (χ0) is 19.7. The molecule has 1 saturated carbocycles. The van der Waals surface area contributed by atoms with Crippen molar-refractivity contribution in [3.05, 3.63) is 60.3 Å². The first-order chi connectivity index (χ1) is 14.3. The van der Waals surface area contributed by atoms with Gasteiger partial charge in [0.2, 0.25) is 11.7 Å². The molecular formula is C22H24N6O. The number of hydrogen-bond acceptors (Lipinski definition) is 5. The third-order valence-corrected chi connectivity index (χ3v) is 6.32. The van der Waals surface area contributed by atoms with Crippen LogP contribution in [-0.2, 0) is 10.2 Å². The van der Waals surface area contributed by atoms with Crippen LogP contribution in [0.3, 0.4) is 0 Å². The van der Waals surface area contributed by atoms with E-state index in [0.717, 1.165) is 56.5 Å². The summed E-state index contributed by atoms with van der Waals surface area (Å²) in [6.07, 6.45) is 10.8. The highest BCUT2D eigenvalue weighted by molar-refractivity contribution is 5.89. The van der Waals surface area contributed by atoms with Crippen molar-refractivity contribution in [1.29, 1.82) is 0 Å². The third kappa shape index (κ3) is 3.10. The molecule has 148 valence electrons. The Balaban J connectivity index is 1.45. The van der Waals surface area contributed by atoms with Crippen LogP contribution in [0.2, 0.25) is 0 Å². The molecule has 2 fully saturated rings. The average molecular weight is 388 g/mol. The van der Waals surface area contributed by atoms with Crippen LogP contribution in [0.1, 0.15) is 56.0 Å². The van der Waals surface area contributed by atoms with Crippen molar-refractivity contribution in [2.24, 2.45) is 0 Å². The van der Waals surface area contributed by atoms with Crippen LogP contribution in [0.25, 0.3) is 11.5 Å². The van der Waals surface area contributed by atoms with E-state index in [0.29, 0.717) is 11.5 Å². The van der Waals surface area contributed by atoms with Gasteiger partial charge in [0.05, 0.1) is 17.7 Å². The zero-order valence-corrected chi connectivity index (χ0v) is 16.3. The summed E-state index contributed by atoms with van der Waals surface area (Å²) in [4.78, 5) is 28.9. The fourth-order valence-electron chi connectivity index (χ4n) is 4.88. The molecule has 0 bridgehead atoms. The summed E-state index contributed by atoms with van der Waals surface area (Å²) in [7, 11) is 0. The van der Waals surface area contributed by atoms with E-state index in [1.165, 1.54) is 0 Å². The van der Waals surface area contributed by atoms with Gasteiger partial charge in [0, 0.05) is 18.9 Å². The highest BCUT2D eigenvalue weighted by Gasteiger charge is 2.47. The first-order valence-corrected chi connectivity index (χ1v) is 10.3. The van der Waals surface area contributed by atoms with E-state index in [4.69, 9.17) is 0 Å². The van der Waals surface area contributed by atoms with Crippen LogP contribution in [0.5, 0.6) is 0 Å². The number of carbonyl (C=O) groups is 1. The molecule has 1 atom stereocenters. The summed E-state index contributed by atoms with van der Waals surface area (Å²) >= 11 is 0. The van der Waals surface area contributed by atoms with Gasteiger partial charge < -0.3 is 4.90 Å². The van der Waals surface area contributed by atoms with Crippen molar-refractivity contribution >= 4 is 5.91 Å².